The Balaban J connectivity index is 1.90. The van der Waals surface area contributed by atoms with Crippen molar-refractivity contribution in [2.24, 2.45) is 0 Å². The zero-order valence-electron chi connectivity index (χ0n) is 10.6. The van der Waals surface area contributed by atoms with Crippen molar-refractivity contribution in [3.05, 3.63) is 57.5 Å². The monoisotopic (exact) mass is 303 g/mol. The van der Waals surface area contributed by atoms with E-state index < -0.39 is 5.76 Å². The first-order valence-corrected chi connectivity index (χ1v) is 6.40. The molecule has 0 atom stereocenters. The zero-order valence-corrected chi connectivity index (χ0v) is 11.4. The van der Waals surface area contributed by atoms with Gasteiger partial charge >= 0.3 is 5.76 Å². The number of hydrogen-bond donors (Lipinski definition) is 3. The number of oxazole rings is 1. The topological polar surface area (TPSA) is 101 Å². The Morgan fingerprint density at radius 3 is 2.81 bits per heavy atom. The minimum Gasteiger partial charge on any atom is -0.408 e. The van der Waals surface area contributed by atoms with Crippen LogP contribution in [0.4, 0.5) is 11.4 Å². The van der Waals surface area contributed by atoms with Gasteiger partial charge in [-0.05, 0) is 36.4 Å². The van der Waals surface area contributed by atoms with Crippen molar-refractivity contribution >= 4 is 40.0 Å². The normalized spacial score (nSPS) is 10.7. The maximum atomic E-state index is 12.2. The largest absolute Gasteiger partial charge is 0.417 e. The lowest BCUT2D eigenvalue weighted by atomic mass is 10.1. The summed E-state index contributed by atoms with van der Waals surface area (Å²) in [7, 11) is 0. The predicted molar refractivity (Wildman–Crippen MR) is 80.7 cm³/mol. The molecule has 0 saturated carbocycles. The van der Waals surface area contributed by atoms with E-state index in [2.05, 4.69) is 10.3 Å². The Morgan fingerprint density at radius 2 is 2.05 bits per heavy atom. The van der Waals surface area contributed by atoms with Crippen molar-refractivity contribution in [2.45, 2.75) is 0 Å². The van der Waals surface area contributed by atoms with E-state index in [1.54, 1.807) is 30.3 Å². The van der Waals surface area contributed by atoms with Gasteiger partial charge in [-0.15, -0.1) is 0 Å². The molecule has 0 bridgehead atoms. The van der Waals surface area contributed by atoms with Crippen LogP contribution >= 0.6 is 11.6 Å². The number of carbonyl (C=O) groups is 1. The molecule has 0 fully saturated rings. The molecule has 0 unspecified atom stereocenters. The van der Waals surface area contributed by atoms with E-state index in [1.165, 1.54) is 6.07 Å². The first kappa shape index (κ1) is 13.3. The molecule has 7 heteroatoms. The van der Waals surface area contributed by atoms with E-state index in [1.807, 2.05) is 0 Å². The highest BCUT2D eigenvalue weighted by Gasteiger charge is 2.11. The number of anilines is 2. The maximum absolute atomic E-state index is 12.2. The van der Waals surface area contributed by atoms with Gasteiger partial charge in [0.1, 0.15) is 0 Å². The van der Waals surface area contributed by atoms with E-state index in [9.17, 15) is 9.59 Å². The van der Waals surface area contributed by atoms with Gasteiger partial charge in [0.25, 0.3) is 5.91 Å². The van der Waals surface area contributed by atoms with Crippen LogP contribution < -0.4 is 16.8 Å². The molecule has 3 aromatic rings. The summed E-state index contributed by atoms with van der Waals surface area (Å²) in [4.78, 5) is 25.8. The van der Waals surface area contributed by atoms with Crippen LogP contribution in [0.3, 0.4) is 0 Å². The number of aromatic nitrogens is 1. The molecule has 2 aromatic carbocycles. The van der Waals surface area contributed by atoms with E-state index in [0.29, 0.717) is 27.4 Å². The van der Waals surface area contributed by atoms with Gasteiger partial charge in [0.15, 0.2) is 5.58 Å². The molecule has 0 aliphatic rings. The summed E-state index contributed by atoms with van der Waals surface area (Å²) in [5.41, 5.74) is 7.81. The van der Waals surface area contributed by atoms with Crippen LogP contribution in [0.15, 0.2) is 45.6 Å². The highest BCUT2D eigenvalue weighted by Crippen LogP contribution is 2.21. The molecule has 0 radical (unpaired) electrons. The molecule has 21 heavy (non-hydrogen) atoms. The van der Waals surface area contributed by atoms with Gasteiger partial charge in [-0.2, -0.15) is 0 Å². The number of nitrogens with one attached hydrogen (secondary N) is 2. The van der Waals surface area contributed by atoms with Crippen LogP contribution in [-0.4, -0.2) is 10.9 Å². The van der Waals surface area contributed by atoms with Gasteiger partial charge in [0.05, 0.1) is 11.1 Å². The number of aromatic amines is 1. The van der Waals surface area contributed by atoms with Crippen LogP contribution in [0.2, 0.25) is 5.02 Å². The zero-order chi connectivity index (χ0) is 15.0. The molecule has 3 rings (SSSR count). The second kappa shape index (κ2) is 4.99. The fourth-order valence-corrected chi connectivity index (χ4v) is 2.15. The molecule has 0 aliphatic carbocycles. The van der Waals surface area contributed by atoms with Crippen LogP contribution in [0.1, 0.15) is 10.4 Å². The number of nitrogens with two attached hydrogens (primary N) is 1. The number of nitrogen functional groups attached to an aromatic ring is 1. The van der Waals surface area contributed by atoms with Gasteiger partial charge in [-0.1, -0.05) is 11.6 Å². The Bertz CT molecular complexity index is 898. The molecule has 0 saturated heterocycles. The smallest absolute Gasteiger partial charge is 0.408 e. The maximum Gasteiger partial charge on any atom is 0.417 e. The summed E-state index contributed by atoms with van der Waals surface area (Å²) in [5.74, 6) is -0.912. The quantitative estimate of drug-likeness (QED) is 0.633. The highest BCUT2D eigenvalue weighted by atomic mass is 35.5. The molecule has 1 aromatic heterocycles. The standard InChI is InChI=1S/C14H10ClN3O3/c15-7-1-3-9(10(16)5-7)13(19)17-8-2-4-12-11(6-8)18-14(20)21-12/h1-6H,16H2,(H,17,19)(H,18,20). The van der Waals surface area contributed by atoms with E-state index >= 15 is 0 Å². The van der Waals surface area contributed by atoms with Crippen molar-refractivity contribution < 1.29 is 9.21 Å². The van der Waals surface area contributed by atoms with Crippen LogP contribution in [0, 0.1) is 0 Å². The minimum absolute atomic E-state index is 0.290. The molecule has 0 spiro atoms. The Labute approximate surface area is 123 Å². The number of benzene rings is 2. The summed E-state index contributed by atoms with van der Waals surface area (Å²) in [6, 6.07) is 9.46. The Morgan fingerprint density at radius 1 is 1.24 bits per heavy atom. The van der Waals surface area contributed by atoms with Gasteiger partial charge in [-0.25, -0.2) is 4.79 Å². The molecule has 1 heterocycles. The predicted octanol–water partition coefficient (Wildman–Crippen LogP) is 2.61. The first-order valence-electron chi connectivity index (χ1n) is 6.02. The third-order valence-corrected chi connectivity index (χ3v) is 3.17. The Hall–Kier alpha value is -2.73. The molecule has 4 N–H and O–H groups in total. The minimum atomic E-state index is -0.546. The van der Waals surface area contributed by atoms with Crippen molar-refractivity contribution in [1.29, 1.82) is 0 Å². The third kappa shape index (κ3) is 2.61. The summed E-state index contributed by atoms with van der Waals surface area (Å²) >= 11 is 5.79. The summed E-state index contributed by atoms with van der Waals surface area (Å²) in [5, 5.41) is 3.15. The molecular weight excluding hydrogens is 294 g/mol. The molecule has 1 amide bonds. The second-order valence-corrected chi connectivity index (χ2v) is 4.85. The van der Waals surface area contributed by atoms with E-state index in [4.69, 9.17) is 21.8 Å². The van der Waals surface area contributed by atoms with Gasteiger partial charge < -0.3 is 15.5 Å². The number of H-pyrrole nitrogens is 1. The summed E-state index contributed by atoms with van der Waals surface area (Å²) in [6.45, 7) is 0. The Kier molecular flexibility index (Phi) is 3.15. The van der Waals surface area contributed by atoms with Gasteiger partial charge in [-0.3, -0.25) is 9.78 Å². The fraction of sp³-hybridized carbons (Fsp3) is 0. The third-order valence-electron chi connectivity index (χ3n) is 2.94. The number of halogens is 1. The van der Waals surface area contributed by atoms with Crippen LogP contribution in [-0.2, 0) is 0 Å². The number of rotatable bonds is 2. The fourth-order valence-electron chi connectivity index (χ4n) is 1.97. The number of hydrogen-bond acceptors (Lipinski definition) is 4. The lowest BCUT2D eigenvalue weighted by Crippen LogP contribution is -2.13. The average Bonchev–Trinajstić information content (AvgIpc) is 2.77. The molecular formula is C14H10ClN3O3. The van der Waals surface area contributed by atoms with Crippen molar-refractivity contribution in [2.75, 3.05) is 11.1 Å². The van der Waals surface area contributed by atoms with Crippen LogP contribution in [0.25, 0.3) is 11.1 Å². The van der Waals surface area contributed by atoms with Crippen molar-refractivity contribution in [3.63, 3.8) is 0 Å². The van der Waals surface area contributed by atoms with E-state index in [0.717, 1.165) is 0 Å². The lowest BCUT2D eigenvalue weighted by Gasteiger charge is -2.07. The van der Waals surface area contributed by atoms with Crippen molar-refractivity contribution in [3.8, 4) is 0 Å². The first-order chi connectivity index (χ1) is 10.0. The van der Waals surface area contributed by atoms with E-state index in [-0.39, 0.29) is 11.6 Å². The SMILES string of the molecule is Nc1cc(Cl)ccc1C(=O)Nc1ccc2oc(=O)[nH]c2c1. The van der Waals surface area contributed by atoms with Crippen molar-refractivity contribution in [1.82, 2.24) is 4.98 Å². The second-order valence-electron chi connectivity index (χ2n) is 4.41. The molecule has 6 nitrogen and oxygen atoms in total. The van der Waals surface area contributed by atoms with Gasteiger partial charge in [0.2, 0.25) is 0 Å². The number of amides is 1. The highest BCUT2D eigenvalue weighted by molar-refractivity contribution is 6.31. The lowest BCUT2D eigenvalue weighted by molar-refractivity contribution is 0.102. The van der Waals surface area contributed by atoms with Gasteiger partial charge in [0, 0.05) is 16.4 Å². The summed E-state index contributed by atoms with van der Waals surface area (Å²) < 4.78 is 4.89. The summed E-state index contributed by atoms with van der Waals surface area (Å²) in [6.07, 6.45) is 0. The molecule has 0 aliphatic heterocycles. The number of carbonyl (C=O) groups excluding carboxylic acids is 1. The van der Waals surface area contributed by atoms with Crippen LogP contribution in [0.5, 0.6) is 0 Å². The number of fused-ring (bicyclic) bond motifs is 1. The molecule has 106 valence electrons. The average molecular weight is 304 g/mol.